The highest BCUT2D eigenvalue weighted by Crippen LogP contribution is 2.35. The molecule has 3 heteroatoms. The van der Waals surface area contributed by atoms with Gasteiger partial charge in [0, 0.05) is 27.6 Å². The Hall–Kier alpha value is -2.68. The normalized spacial score (nSPS) is 12.0. The minimum Gasteiger partial charge on any atom is -0.457 e. The molecule has 5 rings (SSSR count). The summed E-state index contributed by atoms with van der Waals surface area (Å²) in [6.07, 6.45) is 0. The van der Waals surface area contributed by atoms with Gasteiger partial charge in [0.25, 0.3) is 0 Å². The summed E-state index contributed by atoms with van der Waals surface area (Å²) in [7, 11) is 2.07. The van der Waals surface area contributed by atoms with Gasteiger partial charge in [-0.3, -0.25) is 0 Å². The molecule has 0 amide bonds. The molecule has 2 heterocycles. The van der Waals surface area contributed by atoms with Gasteiger partial charge < -0.3 is 8.83 Å². The number of rotatable bonds is 0. The van der Waals surface area contributed by atoms with Crippen LogP contribution < -0.4 is 5.46 Å². The second kappa shape index (κ2) is 3.70. The van der Waals surface area contributed by atoms with Gasteiger partial charge in [0.2, 0.25) is 0 Å². The molecule has 98 valence electrons. The average molecular weight is 270 g/mol. The molecule has 2 nitrogen and oxygen atoms in total. The van der Waals surface area contributed by atoms with Gasteiger partial charge in [0.1, 0.15) is 30.2 Å². The van der Waals surface area contributed by atoms with E-state index in [1.54, 1.807) is 0 Å². The zero-order valence-corrected chi connectivity index (χ0v) is 11.5. The van der Waals surface area contributed by atoms with E-state index in [4.69, 9.17) is 8.83 Å². The monoisotopic (exact) mass is 270 g/mol. The first-order valence-corrected chi connectivity index (χ1v) is 7.04. The standard InChI is InChI=1S/C18H11BO2/c19-14-6-3-5-11-13-8-12-10-4-1-2-7-15(10)20-16(12)9-17(13)21-18(11)14/h1-9H,19H2. The van der Waals surface area contributed by atoms with Crippen molar-refractivity contribution in [2.24, 2.45) is 0 Å². The highest BCUT2D eigenvalue weighted by molar-refractivity contribution is 6.39. The number of furan rings is 2. The Morgan fingerprint density at radius 2 is 1.38 bits per heavy atom. The van der Waals surface area contributed by atoms with Gasteiger partial charge in [-0.2, -0.15) is 0 Å². The maximum atomic E-state index is 6.03. The molecule has 3 aromatic carbocycles. The Bertz CT molecular complexity index is 1150. The fourth-order valence-corrected chi connectivity index (χ4v) is 3.16. The zero-order valence-electron chi connectivity index (χ0n) is 11.5. The van der Waals surface area contributed by atoms with E-state index in [0.717, 1.165) is 49.3 Å². The third kappa shape index (κ3) is 1.38. The molecule has 0 spiro atoms. The molecule has 0 saturated carbocycles. The maximum absolute atomic E-state index is 6.03. The lowest BCUT2D eigenvalue weighted by Gasteiger charge is -1.92. The second-order valence-corrected chi connectivity index (χ2v) is 5.50. The van der Waals surface area contributed by atoms with Crippen LogP contribution in [0.5, 0.6) is 0 Å². The lowest BCUT2D eigenvalue weighted by Crippen LogP contribution is -2.00. The highest BCUT2D eigenvalue weighted by atomic mass is 16.3. The molecule has 5 aromatic rings. The van der Waals surface area contributed by atoms with E-state index in [-0.39, 0.29) is 0 Å². The van der Waals surface area contributed by atoms with Crippen molar-refractivity contribution in [2.45, 2.75) is 0 Å². The van der Waals surface area contributed by atoms with Crippen LogP contribution in [0.4, 0.5) is 0 Å². The summed E-state index contributed by atoms with van der Waals surface area (Å²) >= 11 is 0. The minimum absolute atomic E-state index is 0.875. The van der Waals surface area contributed by atoms with Gasteiger partial charge in [-0.25, -0.2) is 0 Å². The molecular weight excluding hydrogens is 259 g/mol. The summed E-state index contributed by atoms with van der Waals surface area (Å²) in [5.74, 6) is 0. The first kappa shape index (κ1) is 11.0. The van der Waals surface area contributed by atoms with Crippen molar-refractivity contribution < 1.29 is 8.83 Å². The van der Waals surface area contributed by atoms with Crippen LogP contribution in [-0.2, 0) is 0 Å². The van der Waals surface area contributed by atoms with Crippen molar-refractivity contribution in [3.8, 4) is 0 Å². The van der Waals surface area contributed by atoms with Gasteiger partial charge >= 0.3 is 0 Å². The summed E-state index contributed by atoms with van der Waals surface area (Å²) in [4.78, 5) is 0. The Morgan fingerprint density at radius 3 is 2.33 bits per heavy atom. The lowest BCUT2D eigenvalue weighted by atomic mass is 9.94. The molecule has 0 saturated heterocycles. The first-order valence-electron chi connectivity index (χ1n) is 7.04. The lowest BCUT2D eigenvalue weighted by molar-refractivity contribution is 0.657. The van der Waals surface area contributed by atoms with E-state index >= 15 is 0 Å². The summed E-state index contributed by atoms with van der Waals surface area (Å²) in [5, 5.41) is 4.60. The zero-order chi connectivity index (χ0) is 14.0. The number of fused-ring (bicyclic) bond motifs is 6. The van der Waals surface area contributed by atoms with Crippen LogP contribution in [-0.4, -0.2) is 7.85 Å². The fourth-order valence-electron chi connectivity index (χ4n) is 3.16. The Kier molecular flexibility index (Phi) is 1.94. The minimum atomic E-state index is 0.875. The van der Waals surface area contributed by atoms with Crippen molar-refractivity contribution in [3.05, 3.63) is 54.6 Å². The average Bonchev–Trinajstić information content (AvgIpc) is 3.04. The van der Waals surface area contributed by atoms with E-state index < -0.39 is 0 Å². The molecule has 0 aliphatic carbocycles. The summed E-state index contributed by atoms with van der Waals surface area (Å²) in [6.45, 7) is 0. The Morgan fingerprint density at radius 1 is 0.619 bits per heavy atom. The van der Waals surface area contributed by atoms with E-state index in [2.05, 4.69) is 38.2 Å². The molecule has 0 fully saturated rings. The van der Waals surface area contributed by atoms with Crippen molar-refractivity contribution in [1.29, 1.82) is 0 Å². The molecular formula is C18H11BO2. The van der Waals surface area contributed by atoms with E-state index in [1.165, 1.54) is 0 Å². The number of benzene rings is 3. The molecule has 0 bridgehead atoms. The molecule has 0 N–H and O–H groups in total. The van der Waals surface area contributed by atoms with Crippen LogP contribution in [0.25, 0.3) is 43.9 Å². The molecule has 0 aliphatic rings. The third-order valence-corrected chi connectivity index (χ3v) is 4.19. The van der Waals surface area contributed by atoms with Crippen molar-refractivity contribution in [3.63, 3.8) is 0 Å². The molecule has 0 aliphatic heterocycles. The Balaban J connectivity index is 2.04. The van der Waals surface area contributed by atoms with E-state index in [9.17, 15) is 0 Å². The quantitative estimate of drug-likeness (QED) is 0.401. The third-order valence-electron chi connectivity index (χ3n) is 4.19. The van der Waals surface area contributed by atoms with Crippen LogP contribution in [0.3, 0.4) is 0 Å². The second-order valence-electron chi connectivity index (χ2n) is 5.50. The molecule has 0 radical (unpaired) electrons. The van der Waals surface area contributed by atoms with Crippen molar-refractivity contribution in [2.75, 3.05) is 0 Å². The molecule has 0 unspecified atom stereocenters. The van der Waals surface area contributed by atoms with Gasteiger partial charge in [-0.15, -0.1) is 0 Å². The van der Waals surface area contributed by atoms with Crippen LogP contribution >= 0.6 is 0 Å². The summed E-state index contributed by atoms with van der Waals surface area (Å²) < 4.78 is 12.0. The van der Waals surface area contributed by atoms with Crippen molar-refractivity contribution in [1.82, 2.24) is 0 Å². The van der Waals surface area contributed by atoms with E-state index in [1.807, 2.05) is 24.3 Å². The largest absolute Gasteiger partial charge is 0.457 e. The fraction of sp³-hybridized carbons (Fsp3) is 0. The number of para-hydroxylation sites is 2. The van der Waals surface area contributed by atoms with Gasteiger partial charge in [-0.1, -0.05) is 36.4 Å². The smallest absolute Gasteiger partial charge is 0.144 e. The maximum Gasteiger partial charge on any atom is 0.144 e. The summed E-state index contributed by atoms with van der Waals surface area (Å²) in [5.41, 5.74) is 4.79. The van der Waals surface area contributed by atoms with Gasteiger partial charge in [0.15, 0.2) is 0 Å². The summed E-state index contributed by atoms with van der Waals surface area (Å²) in [6, 6.07) is 18.6. The molecule has 2 aromatic heterocycles. The van der Waals surface area contributed by atoms with Crippen LogP contribution in [0.2, 0.25) is 0 Å². The Labute approximate surface area is 121 Å². The van der Waals surface area contributed by atoms with Gasteiger partial charge in [0.05, 0.1) is 0 Å². The van der Waals surface area contributed by atoms with Gasteiger partial charge in [-0.05, 0) is 17.6 Å². The number of hydrogen-bond donors (Lipinski definition) is 0. The highest BCUT2D eigenvalue weighted by Gasteiger charge is 2.13. The molecule has 0 atom stereocenters. The SMILES string of the molecule is Bc1cccc2c1oc1cc3oc4ccccc4c3cc12. The number of hydrogen-bond acceptors (Lipinski definition) is 2. The van der Waals surface area contributed by atoms with Crippen LogP contribution in [0.1, 0.15) is 0 Å². The molecule has 21 heavy (non-hydrogen) atoms. The first-order chi connectivity index (χ1) is 10.3. The predicted molar refractivity (Wildman–Crippen MR) is 89.2 cm³/mol. The van der Waals surface area contributed by atoms with Crippen molar-refractivity contribution >= 4 is 57.2 Å². The van der Waals surface area contributed by atoms with Crippen LogP contribution in [0, 0.1) is 0 Å². The predicted octanol–water partition coefficient (Wildman–Crippen LogP) is 3.74. The van der Waals surface area contributed by atoms with E-state index in [0.29, 0.717) is 0 Å². The van der Waals surface area contributed by atoms with Crippen LogP contribution in [0.15, 0.2) is 63.4 Å². The topological polar surface area (TPSA) is 26.3 Å².